The van der Waals surface area contributed by atoms with Gasteiger partial charge in [0, 0.05) is 19.3 Å². The fraction of sp³-hybridized carbons (Fsp3) is 0.357. The quantitative estimate of drug-likeness (QED) is 0.899. The van der Waals surface area contributed by atoms with E-state index in [4.69, 9.17) is 5.11 Å². The summed E-state index contributed by atoms with van der Waals surface area (Å²) >= 11 is 0. The molecule has 0 unspecified atom stereocenters. The molecule has 1 aromatic carbocycles. The molecule has 1 aromatic heterocycles. The van der Waals surface area contributed by atoms with E-state index in [0.29, 0.717) is 6.54 Å². The van der Waals surface area contributed by atoms with E-state index in [-0.39, 0.29) is 5.69 Å². The maximum atomic E-state index is 10.7. The van der Waals surface area contributed by atoms with Gasteiger partial charge in [0.15, 0.2) is 5.69 Å². The smallest absolute Gasteiger partial charge is 0.358 e. The molecule has 0 spiro atoms. The number of anilines is 1. The summed E-state index contributed by atoms with van der Waals surface area (Å²) in [5, 5.41) is 16.2. The molecule has 0 saturated heterocycles. The van der Waals surface area contributed by atoms with Crippen LogP contribution in [0.5, 0.6) is 0 Å². The van der Waals surface area contributed by atoms with Crippen molar-refractivity contribution in [2.24, 2.45) is 0 Å². The molecular weight excluding hydrogens is 256 g/mol. The Morgan fingerprint density at radius 2 is 1.95 bits per heavy atom. The van der Waals surface area contributed by atoms with Crippen molar-refractivity contribution in [1.82, 2.24) is 15.0 Å². The van der Waals surface area contributed by atoms with E-state index >= 15 is 0 Å². The third-order valence-electron chi connectivity index (χ3n) is 3.07. The molecular formula is C14H18N4O2. The van der Waals surface area contributed by atoms with Gasteiger partial charge in [0.25, 0.3) is 0 Å². The molecule has 0 fully saturated rings. The molecule has 0 aliphatic heterocycles. The molecule has 0 radical (unpaired) electrons. The second-order valence-corrected chi connectivity index (χ2v) is 4.94. The molecule has 0 bridgehead atoms. The first-order valence-electron chi connectivity index (χ1n) is 6.38. The number of rotatable bonds is 5. The van der Waals surface area contributed by atoms with Crippen LogP contribution in [0, 0.1) is 13.8 Å². The second kappa shape index (κ2) is 5.73. The van der Waals surface area contributed by atoms with E-state index in [1.54, 1.807) is 4.68 Å². The number of nitrogens with zero attached hydrogens (tertiary/aromatic N) is 4. The zero-order valence-electron chi connectivity index (χ0n) is 11.9. The largest absolute Gasteiger partial charge is 0.476 e. The Morgan fingerprint density at radius 3 is 2.50 bits per heavy atom. The summed E-state index contributed by atoms with van der Waals surface area (Å²) < 4.78 is 1.54. The van der Waals surface area contributed by atoms with Gasteiger partial charge in [-0.1, -0.05) is 11.3 Å². The average molecular weight is 274 g/mol. The lowest BCUT2D eigenvalue weighted by Crippen LogP contribution is -2.23. The number of carboxylic acids is 1. The van der Waals surface area contributed by atoms with Crippen LogP contribution in [0.1, 0.15) is 21.6 Å². The Hall–Kier alpha value is -2.37. The van der Waals surface area contributed by atoms with Crippen molar-refractivity contribution in [2.45, 2.75) is 20.4 Å². The summed E-state index contributed by atoms with van der Waals surface area (Å²) in [5.41, 5.74) is 3.56. The number of hydrogen-bond donors (Lipinski definition) is 1. The highest BCUT2D eigenvalue weighted by molar-refractivity contribution is 5.84. The topological polar surface area (TPSA) is 71.2 Å². The minimum absolute atomic E-state index is 0.0287. The summed E-state index contributed by atoms with van der Waals surface area (Å²) in [6.07, 6.45) is 1.44. The van der Waals surface area contributed by atoms with Gasteiger partial charge in [-0.05, 0) is 37.1 Å². The number of carbonyl (C=O) groups is 1. The zero-order valence-corrected chi connectivity index (χ0v) is 11.9. The summed E-state index contributed by atoms with van der Waals surface area (Å²) in [5.74, 6) is -1.06. The van der Waals surface area contributed by atoms with Gasteiger partial charge >= 0.3 is 5.97 Å². The first kappa shape index (κ1) is 14.0. The lowest BCUT2D eigenvalue weighted by atomic mass is 10.1. The van der Waals surface area contributed by atoms with Gasteiger partial charge in [-0.15, -0.1) is 5.10 Å². The van der Waals surface area contributed by atoms with Gasteiger partial charge in [-0.3, -0.25) is 0 Å². The number of aromatic carboxylic acids is 1. The second-order valence-electron chi connectivity index (χ2n) is 4.94. The van der Waals surface area contributed by atoms with Crippen LogP contribution in [0.2, 0.25) is 0 Å². The number of hydrogen-bond acceptors (Lipinski definition) is 4. The van der Waals surface area contributed by atoms with E-state index in [1.165, 1.54) is 17.3 Å². The Balaban J connectivity index is 2.00. The van der Waals surface area contributed by atoms with E-state index in [1.807, 2.05) is 7.05 Å². The Morgan fingerprint density at radius 1 is 1.30 bits per heavy atom. The Labute approximate surface area is 117 Å². The van der Waals surface area contributed by atoms with Crippen molar-refractivity contribution >= 4 is 11.7 Å². The van der Waals surface area contributed by atoms with E-state index in [2.05, 4.69) is 47.3 Å². The molecule has 0 aliphatic rings. The molecule has 2 rings (SSSR count). The summed E-state index contributed by atoms with van der Waals surface area (Å²) in [4.78, 5) is 12.8. The summed E-state index contributed by atoms with van der Waals surface area (Å²) in [6.45, 7) is 5.46. The molecule has 0 atom stereocenters. The van der Waals surface area contributed by atoms with Gasteiger partial charge in [-0.2, -0.15) is 0 Å². The van der Waals surface area contributed by atoms with Gasteiger partial charge in [0.2, 0.25) is 0 Å². The van der Waals surface area contributed by atoms with Crippen LogP contribution in [0.4, 0.5) is 5.69 Å². The van der Waals surface area contributed by atoms with Crippen molar-refractivity contribution in [1.29, 1.82) is 0 Å². The van der Waals surface area contributed by atoms with E-state index < -0.39 is 5.97 Å². The van der Waals surface area contributed by atoms with Gasteiger partial charge in [0.05, 0.1) is 12.7 Å². The summed E-state index contributed by atoms with van der Waals surface area (Å²) in [7, 11) is 2.00. The number of aryl methyl sites for hydroxylation is 2. The van der Waals surface area contributed by atoms with Crippen molar-refractivity contribution in [2.75, 3.05) is 18.5 Å². The molecule has 1 N–H and O–H groups in total. The van der Waals surface area contributed by atoms with Crippen LogP contribution < -0.4 is 4.90 Å². The number of aromatic nitrogens is 3. The zero-order chi connectivity index (χ0) is 14.7. The van der Waals surface area contributed by atoms with Crippen molar-refractivity contribution < 1.29 is 9.90 Å². The molecule has 20 heavy (non-hydrogen) atoms. The van der Waals surface area contributed by atoms with Crippen molar-refractivity contribution in [3.8, 4) is 0 Å². The van der Waals surface area contributed by atoms with Gasteiger partial charge in [0.1, 0.15) is 0 Å². The maximum Gasteiger partial charge on any atom is 0.358 e. The first-order valence-corrected chi connectivity index (χ1v) is 6.38. The van der Waals surface area contributed by atoms with E-state index in [0.717, 1.165) is 12.2 Å². The van der Waals surface area contributed by atoms with Crippen molar-refractivity contribution in [3.05, 3.63) is 41.2 Å². The highest BCUT2D eigenvalue weighted by Crippen LogP contribution is 2.17. The monoisotopic (exact) mass is 274 g/mol. The fourth-order valence-corrected chi connectivity index (χ4v) is 2.06. The highest BCUT2D eigenvalue weighted by Gasteiger charge is 2.09. The average Bonchev–Trinajstić information content (AvgIpc) is 2.83. The minimum Gasteiger partial charge on any atom is -0.476 e. The van der Waals surface area contributed by atoms with Crippen molar-refractivity contribution in [3.63, 3.8) is 0 Å². The molecule has 0 aliphatic carbocycles. The van der Waals surface area contributed by atoms with Crippen LogP contribution >= 0.6 is 0 Å². The lowest BCUT2D eigenvalue weighted by molar-refractivity contribution is 0.0690. The Kier molecular flexibility index (Phi) is 4.02. The van der Waals surface area contributed by atoms with Crippen LogP contribution in [-0.2, 0) is 6.54 Å². The first-order chi connectivity index (χ1) is 9.45. The normalized spacial score (nSPS) is 10.6. The molecule has 0 saturated carbocycles. The molecule has 2 aromatic rings. The third-order valence-corrected chi connectivity index (χ3v) is 3.07. The summed E-state index contributed by atoms with van der Waals surface area (Å²) in [6, 6.07) is 6.38. The standard InChI is InChI=1S/C14H18N4O2/c1-10-6-11(2)8-12(7-10)17(3)4-5-18-9-13(14(19)20)15-16-18/h6-9H,4-5H2,1-3H3,(H,19,20). The lowest BCUT2D eigenvalue weighted by Gasteiger charge is -2.20. The molecule has 106 valence electrons. The molecule has 0 amide bonds. The predicted octanol–water partition coefficient (Wildman–Crippen LogP) is 1.73. The molecule has 6 nitrogen and oxygen atoms in total. The molecule has 1 heterocycles. The molecule has 6 heteroatoms. The SMILES string of the molecule is Cc1cc(C)cc(N(C)CCn2cc(C(=O)O)nn2)c1. The number of carboxylic acid groups (broad SMARTS) is 1. The fourth-order valence-electron chi connectivity index (χ4n) is 2.06. The minimum atomic E-state index is -1.06. The van der Waals surface area contributed by atoms with Crippen LogP contribution in [0.25, 0.3) is 0 Å². The van der Waals surface area contributed by atoms with Crippen LogP contribution in [0.15, 0.2) is 24.4 Å². The third kappa shape index (κ3) is 3.34. The van der Waals surface area contributed by atoms with Crippen LogP contribution in [0.3, 0.4) is 0 Å². The maximum absolute atomic E-state index is 10.7. The predicted molar refractivity (Wildman–Crippen MR) is 76.2 cm³/mol. The van der Waals surface area contributed by atoms with Crippen LogP contribution in [-0.4, -0.2) is 39.7 Å². The van der Waals surface area contributed by atoms with E-state index in [9.17, 15) is 4.79 Å². The Bertz CT molecular complexity index is 601. The van der Waals surface area contributed by atoms with Gasteiger partial charge < -0.3 is 10.0 Å². The number of benzene rings is 1. The number of likely N-dealkylation sites (N-methyl/N-ethyl adjacent to an activating group) is 1. The van der Waals surface area contributed by atoms with Gasteiger partial charge in [-0.25, -0.2) is 9.48 Å². The highest BCUT2D eigenvalue weighted by atomic mass is 16.4.